The number of nitrogens with zero attached hydrogens (tertiary/aromatic N) is 1. The van der Waals surface area contributed by atoms with Crippen molar-refractivity contribution in [2.75, 3.05) is 0 Å². The highest BCUT2D eigenvalue weighted by Gasteiger charge is 2.49. The summed E-state index contributed by atoms with van der Waals surface area (Å²) in [6, 6.07) is 10.2. The molecular formula is C20H26ClN3OS. The number of aryl methyl sites for hydroxylation is 1. The number of hydrogen-bond acceptors (Lipinski definition) is 4. The fraction of sp³-hybridized carbons (Fsp3) is 0.500. The number of benzene rings is 1. The van der Waals surface area contributed by atoms with Crippen molar-refractivity contribution in [3.8, 4) is 10.6 Å². The average molecular weight is 392 g/mol. The lowest BCUT2D eigenvalue weighted by Crippen LogP contribution is -2.45. The zero-order chi connectivity index (χ0) is 17.6. The van der Waals surface area contributed by atoms with Gasteiger partial charge in [-0.3, -0.25) is 4.79 Å². The molecule has 2 saturated carbocycles. The number of hydrogen-bond donors (Lipinski definition) is 2. The molecule has 2 aliphatic carbocycles. The number of nitrogens with one attached hydrogen (secondary N) is 1. The van der Waals surface area contributed by atoms with E-state index in [9.17, 15) is 4.79 Å². The van der Waals surface area contributed by atoms with E-state index in [4.69, 9.17) is 10.7 Å². The molecule has 0 spiro atoms. The number of nitrogens with two attached hydrogens (primary N) is 1. The quantitative estimate of drug-likeness (QED) is 0.824. The van der Waals surface area contributed by atoms with Crippen LogP contribution in [0.5, 0.6) is 0 Å². The van der Waals surface area contributed by atoms with Crippen molar-refractivity contribution in [1.29, 1.82) is 0 Å². The lowest BCUT2D eigenvalue weighted by Gasteiger charge is -2.28. The van der Waals surface area contributed by atoms with Crippen molar-refractivity contribution < 1.29 is 4.79 Å². The SMILES string of the molecule is Cc1nc(-c2ccccc2)sc1C(C)NC(=O)C1C2CCC(C2)C1N.Cl. The largest absolute Gasteiger partial charge is 0.348 e. The maximum absolute atomic E-state index is 12.8. The van der Waals surface area contributed by atoms with Crippen molar-refractivity contribution in [3.63, 3.8) is 0 Å². The van der Waals surface area contributed by atoms with Crippen LogP contribution in [0.15, 0.2) is 30.3 Å². The van der Waals surface area contributed by atoms with E-state index in [0.717, 1.165) is 34.0 Å². The number of halogens is 1. The summed E-state index contributed by atoms with van der Waals surface area (Å²) in [5, 5.41) is 4.22. The van der Waals surface area contributed by atoms with Crippen LogP contribution < -0.4 is 11.1 Å². The second-order valence-electron chi connectivity index (χ2n) is 7.50. The molecule has 5 unspecified atom stereocenters. The van der Waals surface area contributed by atoms with E-state index in [-0.39, 0.29) is 36.3 Å². The number of carbonyl (C=O) groups is 1. The summed E-state index contributed by atoms with van der Waals surface area (Å²) < 4.78 is 0. The highest BCUT2D eigenvalue weighted by Crippen LogP contribution is 2.47. The molecule has 1 heterocycles. The van der Waals surface area contributed by atoms with Crippen LogP contribution in [0.1, 0.15) is 42.8 Å². The summed E-state index contributed by atoms with van der Waals surface area (Å²) in [7, 11) is 0. The molecule has 140 valence electrons. The van der Waals surface area contributed by atoms with E-state index >= 15 is 0 Å². The average Bonchev–Trinajstić information content (AvgIpc) is 3.29. The Labute approximate surface area is 165 Å². The van der Waals surface area contributed by atoms with Crippen LogP contribution in [0, 0.1) is 24.7 Å². The molecule has 1 amide bonds. The Hall–Kier alpha value is -1.43. The van der Waals surface area contributed by atoms with Gasteiger partial charge >= 0.3 is 0 Å². The van der Waals surface area contributed by atoms with Crippen LogP contribution in [0.25, 0.3) is 10.6 Å². The van der Waals surface area contributed by atoms with Gasteiger partial charge in [-0.1, -0.05) is 30.3 Å². The molecular weight excluding hydrogens is 366 g/mol. The maximum atomic E-state index is 12.8. The molecule has 0 aliphatic heterocycles. The summed E-state index contributed by atoms with van der Waals surface area (Å²) in [5.74, 6) is 1.14. The number of fused-ring (bicyclic) bond motifs is 2. The van der Waals surface area contributed by atoms with Crippen LogP contribution >= 0.6 is 23.7 Å². The predicted octanol–water partition coefficient (Wildman–Crippen LogP) is 4.09. The standard InChI is InChI=1S/C20H25N3OS.ClH/c1-11(22-19(24)16-14-8-9-15(10-14)17(16)21)18-12(2)23-20(25-18)13-6-4-3-5-7-13;/h3-7,11,14-17H,8-10,21H2,1-2H3,(H,22,24);1H. The molecule has 4 nitrogen and oxygen atoms in total. The van der Waals surface area contributed by atoms with Crippen molar-refractivity contribution in [3.05, 3.63) is 40.9 Å². The van der Waals surface area contributed by atoms with E-state index in [1.54, 1.807) is 11.3 Å². The molecule has 4 rings (SSSR count). The topological polar surface area (TPSA) is 68.0 Å². The molecule has 2 aliphatic rings. The van der Waals surface area contributed by atoms with Crippen molar-refractivity contribution >= 4 is 29.7 Å². The third-order valence-electron chi connectivity index (χ3n) is 5.89. The molecule has 6 heteroatoms. The number of aromatic nitrogens is 1. The van der Waals surface area contributed by atoms with Crippen LogP contribution in [0.3, 0.4) is 0 Å². The maximum Gasteiger partial charge on any atom is 0.225 e. The fourth-order valence-electron chi connectivity index (χ4n) is 4.61. The first-order chi connectivity index (χ1) is 12.0. The smallest absolute Gasteiger partial charge is 0.225 e. The van der Waals surface area contributed by atoms with Crippen LogP contribution in [0.2, 0.25) is 0 Å². The van der Waals surface area contributed by atoms with Gasteiger partial charge < -0.3 is 11.1 Å². The number of thiazole rings is 1. The van der Waals surface area contributed by atoms with Gasteiger partial charge in [-0.15, -0.1) is 23.7 Å². The lowest BCUT2D eigenvalue weighted by molar-refractivity contribution is -0.127. The Balaban J connectivity index is 0.00000196. The zero-order valence-electron chi connectivity index (χ0n) is 15.1. The summed E-state index contributed by atoms with van der Waals surface area (Å²) in [6.07, 6.45) is 3.48. The minimum atomic E-state index is -0.0335. The van der Waals surface area contributed by atoms with Crippen LogP contribution in [-0.2, 0) is 4.79 Å². The van der Waals surface area contributed by atoms with Gasteiger partial charge in [-0.25, -0.2) is 4.98 Å². The van der Waals surface area contributed by atoms with Gasteiger partial charge in [0.25, 0.3) is 0 Å². The molecule has 5 atom stereocenters. The van der Waals surface area contributed by atoms with Crippen LogP contribution in [0.4, 0.5) is 0 Å². The third-order valence-corrected chi connectivity index (χ3v) is 7.28. The lowest BCUT2D eigenvalue weighted by atomic mass is 9.84. The van der Waals surface area contributed by atoms with E-state index in [2.05, 4.69) is 17.4 Å². The third kappa shape index (κ3) is 3.40. The van der Waals surface area contributed by atoms with Gasteiger partial charge in [0, 0.05) is 11.6 Å². The minimum Gasteiger partial charge on any atom is -0.348 e. The second-order valence-corrected chi connectivity index (χ2v) is 8.53. The summed E-state index contributed by atoms with van der Waals surface area (Å²) in [6.45, 7) is 4.07. The highest BCUT2D eigenvalue weighted by atomic mass is 35.5. The first-order valence-electron chi connectivity index (χ1n) is 9.13. The zero-order valence-corrected chi connectivity index (χ0v) is 16.8. The summed E-state index contributed by atoms with van der Waals surface area (Å²) in [5.41, 5.74) is 8.43. The van der Waals surface area contributed by atoms with Gasteiger partial charge in [-0.2, -0.15) is 0 Å². The fourth-order valence-corrected chi connectivity index (χ4v) is 5.69. The molecule has 0 saturated heterocycles. The van der Waals surface area contributed by atoms with E-state index in [1.165, 1.54) is 6.42 Å². The minimum absolute atomic E-state index is 0. The molecule has 1 aromatic carbocycles. The molecule has 2 fully saturated rings. The monoisotopic (exact) mass is 391 g/mol. The molecule has 26 heavy (non-hydrogen) atoms. The number of amides is 1. The summed E-state index contributed by atoms with van der Waals surface area (Å²) >= 11 is 1.66. The van der Waals surface area contributed by atoms with Gasteiger partial charge in [0.15, 0.2) is 0 Å². The Morgan fingerprint density at radius 1 is 1.27 bits per heavy atom. The second kappa shape index (κ2) is 7.67. The Morgan fingerprint density at radius 3 is 2.62 bits per heavy atom. The van der Waals surface area contributed by atoms with Gasteiger partial charge in [-0.05, 0) is 44.9 Å². The Morgan fingerprint density at radius 2 is 1.96 bits per heavy atom. The number of carbonyl (C=O) groups excluding carboxylic acids is 1. The molecule has 2 aromatic rings. The number of rotatable bonds is 4. The molecule has 2 bridgehead atoms. The molecule has 0 radical (unpaired) electrons. The Kier molecular flexibility index (Phi) is 5.70. The van der Waals surface area contributed by atoms with Crippen molar-refractivity contribution in [2.24, 2.45) is 23.5 Å². The first kappa shape index (κ1) is 19.3. The normalized spacial score (nSPS) is 27.8. The highest BCUT2D eigenvalue weighted by molar-refractivity contribution is 7.15. The molecule has 3 N–H and O–H groups in total. The van der Waals surface area contributed by atoms with E-state index < -0.39 is 0 Å². The molecule has 1 aromatic heterocycles. The van der Waals surface area contributed by atoms with E-state index in [1.807, 2.05) is 32.0 Å². The Bertz CT molecular complexity index is 777. The van der Waals surface area contributed by atoms with Crippen molar-refractivity contribution in [1.82, 2.24) is 10.3 Å². The van der Waals surface area contributed by atoms with Crippen molar-refractivity contribution in [2.45, 2.75) is 45.2 Å². The van der Waals surface area contributed by atoms with Gasteiger partial charge in [0.2, 0.25) is 5.91 Å². The first-order valence-corrected chi connectivity index (χ1v) is 9.95. The van der Waals surface area contributed by atoms with Gasteiger partial charge in [0.1, 0.15) is 5.01 Å². The summed E-state index contributed by atoms with van der Waals surface area (Å²) in [4.78, 5) is 18.6. The van der Waals surface area contributed by atoms with Crippen LogP contribution in [-0.4, -0.2) is 16.9 Å². The van der Waals surface area contributed by atoms with Gasteiger partial charge in [0.05, 0.1) is 22.5 Å². The van der Waals surface area contributed by atoms with E-state index in [0.29, 0.717) is 11.8 Å². The predicted molar refractivity (Wildman–Crippen MR) is 108 cm³/mol.